The molecule has 0 fully saturated rings. The van der Waals surface area contributed by atoms with Gasteiger partial charge in [-0.05, 0) is 30.3 Å². The average molecular weight is 336 g/mol. The van der Waals surface area contributed by atoms with E-state index < -0.39 is 0 Å². The zero-order chi connectivity index (χ0) is 17.7. The van der Waals surface area contributed by atoms with Crippen molar-refractivity contribution in [3.63, 3.8) is 0 Å². The predicted octanol–water partition coefficient (Wildman–Crippen LogP) is 3.17. The van der Waals surface area contributed by atoms with Crippen LogP contribution in [0.1, 0.15) is 5.69 Å². The van der Waals surface area contributed by atoms with Gasteiger partial charge in [0.2, 0.25) is 0 Å². The van der Waals surface area contributed by atoms with Crippen LogP contribution in [0.2, 0.25) is 0 Å². The number of nitrogens with zero attached hydrogens (tertiary/aromatic N) is 4. The Morgan fingerprint density at radius 3 is 2.54 bits per heavy atom. The number of terminal acetylenes is 1. The fourth-order valence-electron chi connectivity index (χ4n) is 3.31. The van der Waals surface area contributed by atoms with Crippen LogP contribution < -0.4 is 5.56 Å². The van der Waals surface area contributed by atoms with Gasteiger partial charge < -0.3 is 0 Å². The SMILES string of the molecule is C#Cc1ccc(-n2c(=O)c3ccccc3c3nc4ccccn4c32)cn1. The molecule has 4 aromatic heterocycles. The Morgan fingerprint density at radius 1 is 0.962 bits per heavy atom. The molecule has 0 radical (unpaired) electrons. The molecule has 1 aromatic carbocycles. The van der Waals surface area contributed by atoms with Crippen LogP contribution in [0.25, 0.3) is 33.3 Å². The molecule has 4 heterocycles. The zero-order valence-electron chi connectivity index (χ0n) is 13.6. The second-order valence-corrected chi connectivity index (χ2v) is 5.94. The van der Waals surface area contributed by atoms with Gasteiger partial charge in [0, 0.05) is 17.0 Å². The van der Waals surface area contributed by atoms with Crippen molar-refractivity contribution in [3.8, 4) is 18.0 Å². The number of hydrogen-bond donors (Lipinski definition) is 0. The molecule has 0 bridgehead atoms. The summed E-state index contributed by atoms with van der Waals surface area (Å²) >= 11 is 0. The minimum atomic E-state index is -0.117. The van der Waals surface area contributed by atoms with Crippen LogP contribution in [0.3, 0.4) is 0 Å². The third-order valence-corrected chi connectivity index (χ3v) is 4.49. The van der Waals surface area contributed by atoms with Crippen LogP contribution >= 0.6 is 0 Å². The molecule has 26 heavy (non-hydrogen) atoms. The van der Waals surface area contributed by atoms with Crippen LogP contribution in [-0.2, 0) is 0 Å². The molecule has 0 saturated carbocycles. The highest BCUT2D eigenvalue weighted by molar-refractivity contribution is 6.04. The van der Waals surface area contributed by atoms with Crippen molar-refractivity contribution in [2.75, 3.05) is 0 Å². The van der Waals surface area contributed by atoms with Crippen LogP contribution in [-0.4, -0.2) is 18.9 Å². The molecule has 0 aliphatic carbocycles. The second kappa shape index (κ2) is 5.30. The summed E-state index contributed by atoms with van der Waals surface area (Å²) in [7, 11) is 0. The third kappa shape index (κ3) is 1.90. The number of benzene rings is 1. The monoisotopic (exact) mass is 336 g/mol. The Morgan fingerprint density at radius 2 is 1.77 bits per heavy atom. The van der Waals surface area contributed by atoms with Crippen molar-refractivity contribution < 1.29 is 0 Å². The van der Waals surface area contributed by atoms with E-state index in [0.29, 0.717) is 22.4 Å². The van der Waals surface area contributed by atoms with Gasteiger partial charge in [0.1, 0.15) is 16.9 Å². The number of imidazole rings is 1. The number of fused-ring (bicyclic) bond motifs is 5. The van der Waals surface area contributed by atoms with Crippen molar-refractivity contribution in [1.29, 1.82) is 0 Å². The fraction of sp³-hybridized carbons (Fsp3) is 0. The van der Waals surface area contributed by atoms with Gasteiger partial charge in [-0.3, -0.25) is 13.8 Å². The summed E-state index contributed by atoms with van der Waals surface area (Å²) < 4.78 is 3.56. The molecule has 0 amide bonds. The van der Waals surface area contributed by atoms with E-state index in [1.54, 1.807) is 22.9 Å². The summed E-state index contributed by atoms with van der Waals surface area (Å²) in [4.78, 5) is 22.3. The summed E-state index contributed by atoms with van der Waals surface area (Å²) in [6.07, 6.45) is 8.92. The smallest absolute Gasteiger partial charge is 0.264 e. The molecule has 0 aliphatic heterocycles. The van der Waals surface area contributed by atoms with Crippen molar-refractivity contribution >= 4 is 27.6 Å². The highest BCUT2D eigenvalue weighted by atomic mass is 16.1. The first-order valence-corrected chi connectivity index (χ1v) is 8.11. The van der Waals surface area contributed by atoms with Crippen LogP contribution in [0.5, 0.6) is 0 Å². The molecule has 0 aliphatic rings. The average Bonchev–Trinajstić information content (AvgIpc) is 3.08. The summed E-state index contributed by atoms with van der Waals surface area (Å²) in [5.41, 5.74) is 3.31. The number of aromatic nitrogens is 4. The first-order chi connectivity index (χ1) is 12.8. The van der Waals surface area contributed by atoms with Crippen LogP contribution in [0.15, 0.2) is 71.8 Å². The maximum absolute atomic E-state index is 13.3. The number of rotatable bonds is 1. The van der Waals surface area contributed by atoms with Crippen molar-refractivity contribution in [2.24, 2.45) is 0 Å². The zero-order valence-corrected chi connectivity index (χ0v) is 13.6. The quantitative estimate of drug-likeness (QED) is 0.442. The van der Waals surface area contributed by atoms with Gasteiger partial charge >= 0.3 is 0 Å². The Balaban J connectivity index is 2.04. The molecule has 5 rings (SSSR count). The highest BCUT2D eigenvalue weighted by Gasteiger charge is 2.17. The van der Waals surface area contributed by atoms with Crippen LogP contribution in [0, 0.1) is 12.3 Å². The standard InChI is InChI=1S/C21H12N4O/c1-2-14-10-11-15(13-22-14)25-20-19(23-18-9-5-6-12-24(18)20)16-7-3-4-8-17(16)21(25)26/h1,3-13H. The van der Waals surface area contributed by atoms with Crippen LogP contribution in [0.4, 0.5) is 0 Å². The van der Waals surface area contributed by atoms with Gasteiger partial charge in [0.15, 0.2) is 5.65 Å². The molecule has 5 nitrogen and oxygen atoms in total. The Hall–Kier alpha value is -3.91. The third-order valence-electron chi connectivity index (χ3n) is 4.49. The largest absolute Gasteiger partial charge is 0.285 e. The summed E-state index contributed by atoms with van der Waals surface area (Å²) in [5.74, 6) is 2.50. The van der Waals surface area contributed by atoms with Gasteiger partial charge in [-0.1, -0.05) is 30.2 Å². The molecular weight excluding hydrogens is 324 g/mol. The van der Waals surface area contributed by atoms with Gasteiger partial charge in [0.05, 0.1) is 11.9 Å². The minimum Gasteiger partial charge on any atom is -0.285 e. The van der Waals surface area contributed by atoms with E-state index in [1.165, 1.54) is 0 Å². The Labute approximate surface area is 148 Å². The highest BCUT2D eigenvalue weighted by Crippen LogP contribution is 2.25. The number of hydrogen-bond acceptors (Lipinski definition) is 3. The minimum absolute atomic E-state index is 0.117. The van der Waals surface area contributed by atoms with Gasteiger partial charge in [0.25, 0.3) is 5.56 Å². The first-order valence-electron chi connectivity index (χ1n) is 8.11. The van der Waals surface area contributed by atoms with Gasteiger partial charge in [-0.15, -0.1) is 6.42 Å². The maximum atomic E-state index is 13.3. The topological polar surface area (TPSA) is 52.2 Å². The Bertz CT molecular complexity index is 1400. The summed E-state index contributed by atoms with van der Waals surface area (Å²) in [6.45, 7) is 0. The normalized spacial score (nSPS) is 11.2. The second-order valence-electron chi connectivity index (χ2n) is 5.94. The van der Waals surface area contributed by atoms with Gasteiger partial charge in [-0.2, -0.15) is 0 Å². The van der Waals surface area contributed by atoms with E-state index in [0.717, 1.165) is 16.6 Å². The van der Waals surface area contributed by atoms with Crippen molar-refractivity contribution in [3.05, 3.63) is 83.0 Å². The molecule has 0 spiro atoms. The van der Waals surface area contributed by atoms with E-state index in [2.05, 4.69) is 10.9 Å². The molecule has 122 valence electrons. The molecule has 0 saturated heterocycles. The predicted molar refractivity (Wildman–Crippen MR) is 102 cm³/mol. The molecule has 5 aromatic rings. The summed E-state index contributed by atoms with van der Waals surface area (Å²) in [5, 5.41) is 1.45. The van der Waals surface area contributed by atoms with E-state index >= 15 is 0 Å². The van der Waals surface area contributed by atoms with E-state index in [9.17, 15) is 4.79 Å². The molecule has 0 N–H and O–H groups in total. The lowest BCUT2D eigenvalue weighted by Gasteiger charge is -2.10. The maximum Gasteiger partial charge on any atom is 0.264 e. The molecule has 5 heteroatoms. The van der Waals surface area contributed by atoms with Crippen molar-refractivity contribution in [1.82, 2.24) is 18.9 Å². The first kappa shape index (κ1) is 14.4. The van der Waals surface area contributed by atoms with Crippen molar-refractivity contribution in [2.45, 2.75) is 0 Å². The van der Waals surface area contributed by atoms with E-state index in [-0.39, 0.29) is 5.56 Å². The molecule has 0 atom stereocenters. The lowest BCUT2D eigenvalue weighted by molar-refractivity contribution is 0.999. The van der Waals surface area contributed by atoms with Gasteiger partial charge in [-0.25, -0.2) is 9.97 Å². The molecule has 0 unspecified atom stereocenters. The lowest BCUT2D eigenvalue weighted by Crippen LogP contribution is -2.20. The summed E-state index contributed by atoms with van der Waals surface area (Å²) in [6, 6.07) is 16.8. The fourth-order valence-corrected chi connectivity index (χ4v) is 3.31. The van der Waals surface area contributed by atoms with E-state index in [1.807, 2.05) is 53.1 Å². The van der Waals surface area contributed by atoms with E-state index in [4.69, 9.17) is 11.4 Å². The Kier molecular flexibility index (Phi) is 2.94. The number of pyridine rings is 3. The lowest BCUT2D eigenvalue weighted by atomic mass is 10.1. The molecular formula is C21H12N4O.